The summed E-state index contributed by atoms with van der Waals surface area (Å²) in [6.45, 7) is 2.75. The smallest absolute Gasteiger partial charge is 0.119 e. The zero-order valence-corrected chi connectivity index (χ0v) is 14.2. The van der Waals surface area contributed by atoms with Crippen LogP contribution in [-0.4, -0.2) is 6.61 Å². The third-order valence-electron chi connectivity index (χ3n) is 2.98. The van der Waals surface area contributed by atoms with Gasteiger partial charge < -0.3 is 10.1 Å². The van der Waals surface area contributed by atoms with Crippen LogP contribution >= 0.6 is 23.2 Å². The van der Waals surface area contributed by atoms with Crippen LogP contribution in [0.15, 0.2) is 48.2 Å². The fraction of sp³-hybridized carbons (Fsp3) is 0.167. The van der Waals surface area contributed by atoms with E-state index >= 15 is 0 Å². The van der Waals surface area contributed by atoms with Crippen molar-refractivity contribution in [3.63, 3.8) is 0 Å². The molecule has 2 aromatic carbocycles. The van der Waals surface area contributed by atoms with Crippen LogP contribution in [0.2, 0.25) is 10.0 Å². The van der Waals surface area contributed by atoms with E-state index < -0.39 is 0 Å². The molecule has 0 aromatic heterocycles. The summed E-state index contributed by atoms with van der Waals surface area (Å²) in [5.74, 6) is 0.816. The van der Waals surface area contributed by atoms with E-state index in [9.17, 15) is 5.26 Å². The van der Waals surface area contributed by atoms with Crippen molar-refractivity contribution in [1.82, 2.24) is 0 Å². The number of rotatable bonds is 6. The number of hydrogen-bond donors (Lipinski definition) is 1. The molecule has 1 N–H and O–H groups in total. The molecule has 118 valence electrons. The monoisotopic (exact) mass is 346 g/mol. The SMILES string of the molecule is CCCOc1ccc(C=C(C#N)Nc2ccc(Cl)cc2Cl)cc1. The van der Waals surface area contributed by atoms with Crippen molar-refractivity contribution in [3.05, 3.63) is 63.8 Å². The van der Waals surface area contributed by atoms with Gasteiger partial charge in [0.25, 0.3) is 0 Å². The Morgan fingerprint density at radius 3 is 2.57 bits per heavy atom. The highest BCUT2D eigenvalue weighted by atomic mass is 35.5. The minimum atomic E-state index is 0.386. The molecule has 0 saturated heterocycles. The second-order valence-corrected chi connectivity index (χ2v) is 5.68. The van der Waals surface area contributed by atoms with Gasteiger partial charge in [-0.1, -0.05) is 42.3 Å². The van der Waals surface area contributed by atoms with E-state index in [1.165, 1.54) is 0 Å². The molecule has 0 bridgehead atoms. The lowest BCUT2D eigenvalue weighted by atomic mass is 10.2. The molecule has 2 rings (SSSR count). The van der Waals surface area contributed by atoms with Crippen LogP contribution in [0, 0.1) is 11.3 Å². The summed E-state index contributed by atoms with van der Waals surface area (Å²) < 4.78 is 5.53. The minimum Gasteiger partial charge on any atom is -0.494 e. The first-order valence-electron chi connectivity index (χ1n) is 7.19. The Hall–Kier alpha value is -2.15. The van der Waals surface area contributed by atoms with Gasteiger partial charge in [0, 0.05) is 5.02 Å². The lowest BCUT2D eigenvalue weighted by Crippen LogP contribution is -1.98. The molecule has 0 aliphatic rings. The van der Waals surface area contributed by atoms with E-state index in [0.717, 1.165) is 17.7 Å². The molecule has 2 aromatic rings. The van der Waals surface area contributed by atoms with Gasteiger partial charge in [-0.05, 0) is 48.4 Å². The van der Waals surface area contributed by atoms with Crippen molar-refractivity contribution in [2.45, 2.75) is 13.3 Å². The van der Waals surface area contributed by atoms with E-state index in [0.29, 0.717) is 28.0 Å². The standard InChI is InChI=1S/C18H16Cl2N2O/c1-2-9-23-16-6-3-13(4-7-16)10-15(12-21)22-18-8-5-14(19)11-17(18)20/h3-8,10-11,22H,2,9H2,1H3. The Bertz CT molecular complexity index is 734. The minimum absolute atomic E-state index is 0.386. The normalized spacial score (nSPS) is 11.0. The molecule has 23 heavy (non-hydrogen) atoms. The molecule has 0 radical (unpaired) electrons. The Labute approximate surface area is 146 Å². The number of nitrogens with zero attached hydrogens (tertiary/aromatic N) is 1. The molecule has 0 aliphatic carbocycles. The molecule has 0 unspecified atom stereocenters. The Morgan fingerprint density at radius 1 is 1.22 bits per heavy atom. The predicted octanol–water partition coefficient (Wildman–Crippen LogP) is 5.76. The zero-order chi connectivity index (χ0) is 16.7. The van der Waals surface area contributed by atoms with Gasteiger partial charge in [-0.3, -0.25) is 0 Å². The van der Waals surface area contributed by atoms with E-state index in [-0.39, 0.29) is 0 Å². The third-order valence-corrected chi connectivity index (χ3v) is 3.53. The van der Waals surface area contributed by atoms with E-state index in [2.05, 4.69) is 18.3 Å². The maximum absolute atomic E-state index is 9.29. The largest absolute Gasteiger partial charge is 0.494 e. The molecular formula is C18H16Cl2N2O. The highest BCUT2D eigenvalue weighted by Crippen LogP contribution is 2.26. The molecule has 0 amide bonds. The highest BCUT2D eigenvalue weighted by Gasteiger charge is 2.04. The van der Waals surface area contributed by atoms with Gasteiger partial charge in [0.05, 0.1) is 17.3 Å². The number of anilines is 1. The number of halogens is 2. The summed E-state index contributed by atoms with van der Waals surface area (Å²) in [5, 5.41) is 13.3. The van der Waals surface area contributed by atoms with Crippen molar-refractivity contribution in [3.8, 4) is 11.8 Å². The molecule has 0 aliphatic heterocycles. The van der Waals surface area contributed by atoms with E-state index in [4.69, 9.17) is 27.9 Å². The van der Waals surface area contributed by atoms with Gasteiger partial charge in [0.1, 0.15) is 17.5 Å². The van der Waals surface area contributed by atoms with Crippen molar-refractivity contribution in [2.75, 3.05) is 11.9 Å². The van der Waals surface area contributed by atoms with Crippen molar-refractivity contribution in [1.29, 1.82) is 5.26 Å². The van der Waals surface area contributed by atoms with Gasteiger partial charge in [-0.2, -0.15) is 5.26 Å². The van der Waals surface area contributed by atoms with E-state index in [1.54, 1.807) is 24.3 Å². The fourth-order valence-corrected chi connectivity index (χ4v) is 2.33. The van der Waals surface area contributed by atoms with Gasteiger partial charge in [0.15, 0.2) is 0 Å². The van der Waals surface area contributed by atoms with Crippen LogP contribution < -0.4 is 10.1 Å². The predicted molar refractivity (Wildman–Crippen MR) is 95.9 cm³/mol. The van der Waals surface area contributed by atoms with Gasteiger partial charge in [0.2, 0.25) is 0 Å². The summed E-state index contributed by atoms with van der Waals surface area (Å²) in [4.78, 5) is 0. The summed E-state index contributed by atoms with van der Waals surface area (Å²) in [6, 6.07) is 14.7. The molecule has 0 spiro atoms. The number of hydrogen-bond acceptors (Lipinski definition) is 3. The summed E-state index contributed by atoms with van der Waals surface area (Å²) in [7, 11) is 0. The zero-order valence-electron chi connectivity index (χ0n) is 12.6. The molecule has 0 fully saturated rings. The fourth-order valence-electron chi connectivity index (χ4n) is 1.88. The molecule has 5 heteroatoms. The molecule has 0 saturated carbocycles. The van der Waals surface area contributed by atoms with Crippen molar-refractivity contribution >= 4 is 35.0 Å². The lowest BCUT2D eigenvalue weighted by Gasteiger charge is -2.08. The lowest BCUT2D eigenvalue weighted by molar-refractivity contribution is 0.317. The van der Waals surface area contributed by atoms with Crippen LogP contribution in [0.1, 0.15) is 18.9 Å². The van der Waals surface area contributed by atoms with Crippen LogP contribution in [0.3, 0.4) is 0 Å². The first kappa shape index (κ1) is 17.2. The molecule has 0 atom stereocenters. The summed E-state index contributed by atoms with van der Waals surface area (Å²) in [5.41, 5.74) is 1.91. The van der Waals surface area contributed by atoms with Crippen molar-refractivity contribution in [2.24, 2.45) is 0 Å². The Morgan fingerprint density at radius 2 is 1.96 bits per heavy atom. The topological polar surface area (TPSA) is 45.0 Å². The van der Waals surface area contributed by atoms with Crippen LogP contribution in [0.4, 0.5) is 5.69 Å². The summed E-state index contributed by atoms with van der Waals surface area (Å²) >= 11 is 12.0. The van der Waals surface area contributed by atoms with Gasteiger partial charge in [-0.15, -0.1) is 0 Å². The average molecular weight is 347 g/mol. The number of allylic oxidation sites excluding steroid dienone is 1. The Balaban J connectivity index is 2.13. The third kappa shape index (κ3) is 5.21. The van der Waals surface area contributed by atoms with Crippen LogP contribution in [0.5, 0.6) is 5.75 Å². The number of nitriles is 1. The van der Waals surface area contributed by atoms with Gasteiger partial charge >= 0.3 is 0 Å². The second kappa shape index (κ2) is 8.47. The quantitative estimate of drug-likeness (QED) is 0.676. The van der Waals surface area contributed by atoms with Crippen molar-refractivity contribution < 1.29 is 4.74 Å². The Kier molecular flexibility index (Phi) is 6.34. The number of nitrogens with one attached hydrogen (secondary N) is 1. The molecule has 0 heterocycles. The first-order valence-corrected chi connectivity index (χ1v) is 7.94. The first-order chi connectivity index (χ1) is 11.1. The molecular weight excluding hydrogens is 331 g/mol. The van der Waals surface area contributed by atoms with Gasteiger partial charge in [-0.25, -0.2) is 0 Å². The number of benzene rings is 2. The molecule has 3 nitrogen and oxygen atoms in total. The summed E-state index contributed by atoms with van der Waals surface area (Å²) in [6.07, 6.45) is 2.71. The maximum atomic E-state index is 9.29. The highest BCUT2D eigenvalue weighted by molar-refractivity contribution is 6.36. The van der Waals surface area contributed by atoms with Crippen LogP contribution in [0.25, 0.3) is 6.08 Å². The van der Waals surface area contributed by atoms with E-state index in [1.807, 2.05) is 24.3 Å². The number of ether oxygens (including phenoxy) is 1. The second-order valence-electron chi connectivity index (χ2n) is 4.84. The van der Waals surface area contributed by atoms with Crippen LogP contribution in [-0.2, 0) is 0 Å². The maximum Gasteiger partial charge on any atom is 0.119 e. The average Bonchev–Trinajstić information content (AvgIpc) is 2.55.